The molecule has 0 saturated carbocycles. The lowest BCUT2D eigenvalue weighted by Gasteiger charge is -2.21. The normalized spacial score (nSPS) is 9.91. The predicted molar refractivity (Wildman–Crippen MR) is 86.6 cm³/mol. The number of nitriles is 1. The van der Waals surface area contributed by atoms with Crippen molar-refractivity contribution in [3.05, 3.63) is 59.9 Å². The van der Waals surface area contributed by atoms with Crippen LogP contribution >= 0.6 is 0 Å². The number of carbonyl (C=O) groups excluding carboxylic acids is 1. The molecule has 1 amide bonds. The minimum atomic E-state index is -0.148. The Kier molecular flexibility index (Phi) is 6.13. The Morgan fingerprint density at radius 3 is 2.74 bits per heavy atom. The number of hydrogen-bond acceptors (Lipinski definition) is 4. The van der Waals surface area contributed by atoms with E-state index in [9.17, 15) is 4.79 Å². The lowest BCUT2D eigenvalue weighted by atomic mass is 10.2. The SMILES string of the molecule is Cc1ccc(OCC(=O)N(CCC#N)Cc2cccnc2)cc1. The van der Waals surface area contributed by atoms with E-state index in [0.717, 1.165) is 11.1 Å². The van der Waals surface area contributed by atoms with Crippen LogP contribution in [0.4, 0.5) is 0 Å². The van der Waals surface area contributed by atoms with Crippen molar-refractivity contribution in [3.8, 4) is 11.8 Å². The first-order valence-electron chi connectivity index (χ1n) is 7.42. The fourth-order valence-electron chi connectivity index (χ4n) is 2.06. The van der Waals surface area contributed by atoms with Gasteiger partial charge in [-0.25, -0.2) is 0 Å². The van der Waals surface area contributed by atoms with Crippen molar-refractivity contribution in [3.63, 3.8) is 0 Å². The molecule has 0 atom stereocenters. The molecule has 0 aliphatic heterocycles. The van der Waals surface area contributed by atoms with Gasteiger partial charge in [0.1, 0.15) is 5.75 Å². The lowest BCUT2D eigenvalue weighted by Crippen LogP contribution is -2.35. The third-order valence-electron chi connectivity index (χ3n) is 3.33. The van der Waals surface area contributed by atoms with Gasteiger partial charge >= 0.3 is 0 Å². The van der Waals surface area contributed by atoms with Crippen LogP contribution in [0, 0.1) is 18.3 Å². The first-order valence-corrected chi connectivity index (χ1v) is 7.42. The summed E-state index contributed by atoms with van der Waals surface area (Å²) in [6, 6.07) is 13.3. The zero-order valence-corrected chi connectivity index (χ0v) is 13.1. The van der Waals surface area contributed by atoms with Gasteiger partial charge in [-0.1, -0.05) is 23.8 Å². The quantitative estimate of drug-likeness (QED) is 0.788. The molecule has 5 nitrogen and oxygen atoms in total. The summed E-state index contributed by atoms with van der Waals surface area (Å²) >= 11 is 0. The fraction of sp³-hybridized carbons (Fsp3) is 0.278. The number of aryl methyl sites for hydroxylation is 1. The van der Waals surface area contributed by atoms with Crippen molar-refractivity contribution >= 4 is 5.91 Å². The fourth-order valence-corrected chi connectivity index (χ4v) is 2.06. The predicted octanol–water partition coefficient (Wildman–Crippen LogP) is 2.71. The molecule has 1 aromatic heterocycles. The Bertz CT molecular complexity index is 663. The topological polar surface area (TPSA) is 66.2 Å². The van der Waals surface area contributed by atoms with Crippen LogP contribution in [0.5, 0.6) is 5.75 Å². The molecular formula is C18H19N3O2. The van der Waals surface area contributed by atoms with Gasteiger partial charge in [-0.3, -0.25) is 9.78 Å². The summed E-state index contributed by atoms with van der Waals surface area (Å²) in [5.41, 5.74) is 2.06. The number of nitrogens with zero attached hydrogens (tertiary/aromatic N) is 3. The van der Waals surface area contributed by atoms with Gasteiger partial charge in [0.05, 0.1) is 12.5 Å². The highest BCUT2D eigenvalue weighted by Gasteiger charge is 2.14. The Morgan fingerprint density at radius 1 is 1.30 bits per heavy atom. The minimum Gasteiger partial charge on any atom is -0.484 e. The maximum absolute atomic E-state index is 12.4. The van der Waals surface area contributed by atoms with Gasteiger partial charge in [0.2, 0.25) is 0 Å². The molecule has 0 fully saturated rings. The average Bonchev–Trinajstić information content (AvgIpc) is 2.58. The number of rotatable bonds is 7. The van der Waals surface area contributed by atoms with E-state index in [1.165, 1.54) is 0 Å². The molecule has 5 heteroatoms. The van der Waals surface area contributed by atoms with Gasteiger partial charge in [0, 0.05) is 25.5 Å². The molecule has 23 heavy (non-hydrogen) atoms. The summed E-state index contributed by atoms with van der Waals surface area (Å²) in [7, 11) is 0. The van der Waals surface area contributed by atoms with E-state index in [-0.39, 0.29) is 18.9 Å². The van der Waals surface area contributed by atoms with E-state index in [1.54, 1.807) is 17.3 Å². The zero-order chi connectivity index (χ0) is 16.5. The number of carbonyl (C=O) groups is 1. The Morgan fingerprint density at radius 2 is 2.09 bits per heavy atom. The Labute approximate surface area is 136 Å². The number of ether oxygens (including phenoxy) is 1. The highest BCUT2D eigenvalue weighted by molar-refractivity contribution is 5.77. The molecule has 0 N–H and O–H groups in total. The van der Waals surface area contributed by atoms with Crippen LogP contribution in [-0.2, 0) is 11.3 Å². The molecule has 2 aromatic rings. The summed E-state index contributed by atoms with van der Waals surface area (Å²) in [6.07, 6.45) is 3.69. The van der Waals surface area contributed by atoms with Gasteiger partial charge in [-0.15, -0.1) is 0 Å². The molecule has 118 valence electrons. The van der Waals surface area contributed by atoms with Crippen molar-refractivity contribution in [2.45, 2.75) is 19.9 Å². The average molecular weight is 309 g/mol. The van der Waals surface area contributed by atoms with Crippen LogP contribution in [0.3, 0.4) is 0 Å². The molecule has 1 aromatic carbocycles. The van der Waals surface area contributed by atoms with Crippen LogP contribution in [-0.4, -0.2) is 28.9 Å². The molecule has 0 aliphatic rings. The zero-order valence-electron chi connectivity index (χ0n) is 13.1. The van der Waals surface area contributed by atoms with Crippen LogP contribution in [0.25, 0.3) is 0 Å². The van der Waals surface area contributed by atoms with Crippen molar-refractivity contribution in [1.29, 1.82) is 5.26 Å². The molecule has 0 aliphatic carbocycles. The molecule has 0 saturated heterocycles. The second-order valence-electron chi connectivity index (χ2n) is 5.19. The number of hydrogen-bond donors (Lipinski definition) is 0. The highest BCUT2D eigenvalue weighted by Crippen LogP contribution is 2.12. The third kappa shape index (κ3) is 5.44. The first kappa shape index (κ1) is 16.5. The third-order valence-corrected chi connectivity index (χ3v) is 3.33. The summed E-state index contributed by atoms with van der Waals surface area (Å²) in [4.78, 5) is 18.0. The van der Waals surface area contributed by atoms with Crippen molar-refractivity contribution in [2.75, 3.05) is 13.2 Å². The van der Waals surface area contributed by atoms with Crippen LogP contribution in [0.1, 0.15) is 17.5 Å². The molecule has 0 unspecified atom stereocenters. The molecule has 0 bridgehead atoms. The summed E-state index contributed by atoms with van der Waals surface area (Å²) < 4.78 is 5.53. The van der Waals surface area contributed by atoms with Crippen LogP contribution in [0.15, 0.2) is 48.8 Å². The standard InChI is InChI=1S/C18H19N3O2/c1-15-5-7-17(8-6-15)23-14-18(22)21(11-3-9-19)13-16-4-2-10-20-12-16/h2,4-8,10,12H,3,11,13-14H2,1H3. The number of aromatic nitrogens is 1. The lowest BCUT2D eigenvalue weighted by molar-refractivity contribution is -0.133. The van der Waals surface area contributed by atoms with Crippen molar-refractivity contribution < 1.29 is 9.53 Å². The smallest absolute Gasteiger partial charge is 0.260 e. The Hall–Kier alpha value is -2.87. The van der Waals surface area contributed by atoms with Gasteiger partial charge in [-0.2, -0.15) is 5.26 Å². The Balaban J connectivity index is 1.95. The number of pyridine rings is 1. The second kappa shape index (κ2) is 8.54. The minimum absolute atomic E-state index is 0.0469. The summed E-state index contributed by atoms with van der Waals surface area (Å²) in [5.74, 6) is 0.509. The molecule has 0 radical (unpaired) electrons. The maximum Gasteiger partial charge on any atom is 0.260 e. The van der Waals surface area contributed by atoms with Crippen molar-refractivity contribution in [1.82, 2.24) is 9.88 Å². The molecule has 1 heterocycles. The van der Waals surface area contributed by atoms with Gasteiger partial charge < -0.3 is 9.64 Å². The number of amides is 1. The largest absolute Gasteiger partial charge is 0.484 e. The molecule has 2 rings (SSSR count). The highest BCUT2D eigenvalue weighted by atomic mass is 16.5. The van der Waals surface area contributed by atoms with Gasteiger partial charge in [0.15, 0.2) is 6.61 Å². The summed E-state index contributed by atoms with van der Waals surface area (Å²) in [6.45, 7) is 2.74. The van der Waals surface area contributed by atoms with E-state index in [1.807, 2.05) is 43.3 Å². The first-order chi connectivity index (χ1) is 11.2. The van der Waals surface area contributed by atoms with E-state index >= 15 is 0 Å². The van der Waals surface area contributed by atoms with E-state index in [0.29, 0.717) is 18.8 Å². The van der Waals surface area contributed by atoms with Crippen LogP contribution < -0.4 is 4.74 Å². The maximum atomic E-state index is 12.4. The van der Waals surface area contributed by atoms with E-state index in [2.05, 4.69) is 11.1 Å². The van der Waals surface area contributed by atoms with E-state index < -0.39 is 0 Å². The van der Waals surface area contributed by atoms with Gasteiger partial charge in [0.25, 0.3) is 5.91 Å². The van der Waals surface area contributed by atoms with E-state index in [4.69, 9.17) is 10.00 Å². The monoisotopic (exact) mass is 309 g/mol. The van der Waals surface area contributed by atoms with Gasteiger partial charge in [-0.05, 0) is 30.7 Å². The second-order valence-corrected chi connectivity index (χ2v) is 5.19. The van der Waals surface area contributed by atoms with Crippen LogP contribution in [0.2, 0.25) is 0 Å². The van der Waals surface area contributed by atoms with Crippen molar-refractivity contribution in [2.24, 2.45) is 0 Å². The molecule has 0 spiro atoms. The molecular weight excluding hydrogens is 290 g/mol. The number of benzene rings is 1. The summed E-state index contributed by atoms with van der Waals surface area (Å²) in [5, 5.41) is 8.77.